The molecule has 5 rings (SSSR count). The fourth-order valence-electron chi connectivity index (χ4n) is 4.39. The number of carbonyl (C=O) groups excluding carboxylic acids is 1. The van der Waals surface area contributed by atoms with Crippen molar-refractivity contribution in [3.8, 4) is 11.5 Å². The van der Waals surface area contributed by atoms with Crippen LogP contribution in [0.5, 0.6) is 11.5 Å². The molecule has 1 aliphatic rings. The van der Waals surface area contributed by atoms with Crippen LogP contribution in [0.4, 0.5) is 5.69 Å². The zero-order chi connectivity index (χ0) is 24.1. The molecule has 35 heavy (non-hydrogen) atoms. The lowest BCUT2D eigenvalue weighted by Gasteiger charge is -2.47. The molecule has 1 aliphatic heterocycles. The Morgan fingerprint density at radius 3 is 1.97 bits per heavy atom. The van der Waals surface area contributed by atoms with E-state index in [2.05, 4.69) is 5.32 Å². The van der Waals surface area contributed by atoms with Crippen molar-refractivity contribution < 1.29 is 14.3 Å². The van der Waals surface area contributed by atoms with Crippen molar-refractivity contribution in [3.63, 3.8) is 0 Å². The van der Waals surface area contributed by atoms with Gasteiger partial charge >= 0.3 is 0 Å². The Morgan fingerprint density at radius 2 is 1.29 bits per heavy atom. The maximum atomic E-state index is 13.6. The van der Waals surface area contributed by atoms with Crippen molar-refractivity contribution in [2.45, 2.75) is 19.1 Å². The third-order valence-electron chi connectivity index (χ3n) is 6.28. The third kappa shape index (κ3) is 4.85. The number of para-hydroxylation sites is 2. The molecule has 0 bridgehead atoms. The van der Waals surface area contributed by atoms with Crippen LogP contribution in [-0.2, 0) is 12.2 Å². The number of amides is 1. The second-order valence-electron chi connectivity index (χ2n) is 8.65. The van der Waals surface area contributed by atoms with Crippen LogP contribution in [-0.4, -0.2) is 24.0 Å². The van der Waals surface area contributed by atoms with E-state index in [1.165, 1.54) is 0 Å². The minimum Gasteiger partial charge on any atom is -0.490 e. The largest absolute Gasteiger partial charge is 0.490 e. The molecule has 1 atom stereocenters. The van der Waals surface area contributed by atoms with Gasteiger partial charge in [-0.25, -0.2) is 0 Å². The first-order chi connectivity index (χ1) is 17.1. The number of ether oxygens (including phenoxy) is 2. The molecule has 1 amide bonds. The van der Waals surface area contributed by atoms with Gasteiger partial charge in [-0.3, -0.25) is 4.79 Å². The Bertz CT molecular complexity index is 1280. The normalized spacial score (nSPS) is 16.8. The number of nitrogens with one attached hydrogen (secondary N) is 1. The molecule has 1 N–H and O–H groups in total. The van der Waals surface area contributed by atoms with E-state index in [-0.39, 0.29) is 5.91 Å². The highest BCUT2D eigenvalue weighted by molar-refractivity contribution is 6.02. The highest BCUT2D eigenvalue weighted by Crippen LogP contribution is 2.39. The lowest BCUT2D eigenvalue weighted by atomic mass is 9.93. The molecule has 4 aromatic rings. The van der Waals surface area contributed by atoms with Gasteiger partial charge in [-0.1, -0.05) is 72.8 Å². The predicted octanol–water partition coefficient (Wildman–Crippen LogP) is 6.09. The van der Waals surface area contributed by atoms with Crippen LogP contribution < -0.4 is 14.8 Å². The van der Waals surface area contributed by atoms with Gasteiger partial charge in [-0.15, -0.1) is 0 Å². The average Bonchev–Trinajstić information content (AvgIpc) is 2.91. The minimum absolute atomic E-state index is 0.00379. The summed E-state index contributed by atoms with van der Waals surface area (Å²) < 4.78 is 11.6. The van der Waals surface area contributed by atoms with Crippen LogP contribution in [0.25, 0.3) is 0 Å². The molecule has 176 valence electrons. The molecule has 5 heteroatoms. The second-order valence-corrected chi connectivity index (χ2v) is 8.65. The zero-order valence-corrected chi connectivity index (χ0v) is 19.7. The number of carbonyl (C=O) groups is 1. The molecule has 1 heterocycles. The fourth-order valence-corrected chi connectivity index (χ4v) is 4.39. The predicted molar refractivity (Wildman–Crippen MR) is 138 cm³/mol. The van der Waals surface area contributed by atoms with Crippen LogP contribution in [0.3, 0.4) is 0 Å². The van der Waals surface area contributed by atoms with E-state index in [1.54, 1.807) is 0 Å². The summed E-state index contributed by atoms with van der Waals surface area (Å²) in [6.45, 7) is 3.44. The Labute approximate surface area is 205 Å². The molecule has 0 saturated carbocycles. The molecule has 0 fully saturated rings. The minimum atomic E-state index is -0.726. The molecular weight excluding hydrogens is 436 g/mol. The number of nitrogens with zero attached hydrogens (tertiary/aromatic N) is 1. The molecule has 0 saturated heterocycles. The van der Waals surface area contributed by atoms with Gasteiger partial charge in [0.1, 0.15) is 30.4 Å². The van der Waals surface area contributed by atoms with Gasteiger partial charge in [0.25, 0.3) is 5.91 Å². The van der Waals surface area contributed by atoms with Gasteiger partial charge < -0.3 is 19.7 Å². The highest BCUT2D eigenvalue weighted by atomic mass is 16.5. The van der Waals surface area contributed by atoms with Crippen molar-refractivity contribution >= 4 is 11.6 Å². The van der Waals surface area contributed by atoms with Gasteiger partial charge in [0, 0.05) is 12.2 Å². The summed E-state index contributed by atoms with van der Waals surface area (Å²) in [4.78, 5) is 15.5. The van der Waals surface area contributed by atoms with E-state index < -0.39 is 5.66 Å². The summed E-state index contributed by atoms with van der Waals surface area (Å²) in [5, 5.41) is 3.62. The first-order valence-corrected chi connectivity index (χ1v) is 11.8. The maximum absolute atomic E-state index is 13.6. The Balaban J connectivity index is 1.34. The first-order valence-electron chi connectivity index (χ1n) is 11.8. The lowest BCUT2D eigenvalue weighted by Crippen LogP contribution is -2.55. The monoisotopic (exact) mass is 464 g/mol. The molecule has 0 aromatic heterocycles. The van der Waals surface area contributed by atoms with E-state index in [9.17, 15) is 4.79 Å². The molecule has 5 nitrogen and oxygen atoms in total. The van der Waals surface area contributed by atoms with Gasteiger partial charge in [-0.2, -0.15) is 0 Å². The van der Waals surface area contributed by atoms with Crippen LogP contribution in [0.1, 0.15) is 28.4 Å². The summed E-state index contributed by atoms with van der Waals surface area (Å²) in [6.07, 6.45) is 0. The Morgan fingerprint density at radius 1 is 0.714 bits per heavy atom. The quantitative estimate of drug-likeness (QED) is 0.321. The second kappa shape index (κ2) is 9.94. The number of rotatable bonds is 8. The standard InChI is InChI=1S/C30H28N2O3/c1-30(24-16-18-26(19-17-24)35-21-20-34-25-12-6-3-7-13-25)31-28-15-9-8-14-27(28)29(33)32(30)22-23-10-4-2-5-11-23/h2-19,31H,20-22H2,1H3. The molecular formula is C30H28N2O3. The van der Waals surface area contributed by atoms with Crippen molar-refractivity contribution in [2.75, 3.05) is 18.5 Å². The number of fused-ring (bicyclic) bond motifs is 1. The highest BCUT2D eigenvalue weighted by Gasteiger charge is 2.42. The van der Waals surface area contributed by atoms with Crippen LogP contribution in [0.15, 0.2) is 109 Å². The van der Waals surface area contributed by atoms with E-state index in [4.69, 9.17) is 9.47 Å². The SMILES string of the molecule is CC1(c2ccc(OCCOc3ccccc3)cc2)Nc2ccccc2C(=O)N1Cc1ccccc1. The van der Waals surface area contributed by atoms with E-state index in [0.29, 0.717) is 25.3 Å². The average molecular weight is 465 g/mol. The molecule has 0 spiro atoms. The number of hydrogen-bond donors (Lipinski definition) is 1. The topological polar surface area (TPSA) is 50.8 Å². The van der Waals surface area contributed by atoms with Crippen LogP contribution >= 0.6 is 0 Å². The summed E-state index contributed by atoms with van der Waals surface area (Å²) >= 11 is 0. The summed E-state index contributed by atoms with van der Waals surface area (Å²) in [5.74, 6) is 1.58. The Kier molecular flexibility index (Phi) is 6.40. The van der Waals surface area contributed by atoms with Crippen molar-refractivity contribution in [1.82, 2.24) is 4.90 Å². The molecule has 0 radical (unpaired) electrons. The number of hydrogen-bond acceptors (Lipinski definition) is 4. The smallest absolute Gasteiger partial charge is 0.258 e. The Hall–Kier alpha value is -4.25. The molecule has 0 aliphatic carbocycles. The summed E-state index contributed by atoms with van der Waals surface area (Å²) in [7, 11) is 0. The van der Waals surface area contributed by atoms with Crippen molar-refractivity contribution in [1.29, 1.82) is 0 Å². The molecule has 4 aromatic carbocycles. The van der Waals surface area contributed by atoms with Gasteiger partial charge in [0.2, 0.25) is 0 Å². The van der Waals surface area contributed by atoms with E-state index in [1.807, 2.05) is 121 Å². The van der Waals surface area contributed by atoms with Crippen molar-refractivity contribution in [2.24, 2.45) is 0 Å². The number of anilines is 1. The third-order valence-corrected chi connectivity index (χ3v) is 6.28. The first kappa shape index (κ1) is 22.5. The molecule has 1 unspecified atom stereocenters. The van der Waals surface area contributed by atoms with Crippen LogP contribution in [0, 0.1) is 0 Å². The van der Waals surface area contributed by atoms with E-state index in [0.717, 1.165) is 28.3 Å². The van der Waals surface area contributed by atoms with Crippen LogP contribution in [0.2, 0.25) is 0 Å². The van der Waals surface area contributed by atoms with Gasteiger partial charge in [-0.05, 0) is 54.4 Å². The van der Waals surface area contributed by atoms with Gasteiger partial charge in [0.15, 0.2) is 0 Å². The van der Waals surface area contributed by atoms with Crippen molar-refractivity contribution in [3.05, 3.63) is 126 Å². The lowest BCUT2D eigenvalue weighted by molar-refractivity contribution is 0.0509. The zero-order valence-electron chi connectivity index (χ0n) is 19.7. The number of benzene rings is 4. The maximum Gasteiger partial charge on any atom is 0.258 e. The summed E-state index contributed by atoms with van der Waals surface area (Å²) in [6, 6.07) is 35.3. The van der Waals surface area contributed by atoms with E-state index >= 15 is 0 Å². The summed E-state index contributed by atoms with van der Waals surface area (Å²) in [5.41, 5.74) is 2.84. The van der Waals surface area contributed by atoms with Gasteiger partial charge in [0.05, 0.1) is 5.56 Å². The fraction of sp³-hybridized carbons (Fsp3) is 0.167.